The summed E-state index contributed by atoms with van der Waals surface area (Å²) < 4.78 is 5.96. The van der Waals surface area contributed by atoms with Crippen molar-refractivity contribution in [2.24, 2.45) is 0 Å². The zero-order chi connectivity index (χ0) is 18.2. The van der Waals surface area contributed by atoms with Gasteiger partial charge in [-0.25, -0.2) is 4.79 Å². The van der Waals surface area contributed by atoms with Gasteiger partial charge < -0.3 is 20.3 Å². The number of ether oxygens (including phenoxy) is 1. The summed E-state index contributed by atoms with van der Waals surface area (Å²) in [4.78, 5) is 11.7. The van der Waals surface area contributed by atoms with Crippen molar-refractivity contribution in [1.82, 2.24) is 5.32 Å². The fourth-order valence-electron chi connectivity index (χ4n) is 2.41. The van der Waals surface area contributed by atoms with Crippen LogP contribution in [0.1, 0.15) is 29.2 Å². The van der Waals surface area contributed by atoms with Crippen molar-refractivity contribution in [2.45, 2.75) is 32.2 Å². The number of hydrogen-bond acceptors (Lipinski definition) is 4. The summed E-state index contributed by atoms with van der Waals surface area (Å²) in [5.74, 6) is 0. The number of amides is 1. The van der Waals surface area contributed by atoms with Crippen molar-refractivity contribution in [3.05, 3.63) is 69.7 Å². The van der Waals surface area contributed by atoms with E-state index in [2.05, 4.69) is 21.2 Å². The van der Waals surface area contributed by atoms with Crippen LogP contribution in [-0.2, 0) is 11.3 Å². The molecule has 134 valence electrons. The van der Waals surface area contributed by atoms with Crippen molar-refractivity contribution in [3.8, 4) is 0 Å². The Balaban J connectivity index is 1.75. The third-order valence-electron chi connectivity index (χ3n) is 3.91. The van der Waals surface area contributed by atoms with E-state index < -0.39 is 18.3 Å². The number of nitrogens with one attached hydrogen (secondary N) is 1. The van der Waals surface area contributed by atoms with E-state index in [1.54, 1.807) is 6.07 Å². The second kappa shape index (κ2) is 9.56. The molecule has 5 nitrogen and oxygen atoms in total. The highest BCUT2D eigenvalue weighted by atomic mass is 79.9. The fourth-order valence-corrected chi connectivity index (χ4v) is 2.79. The summed E-state index contributed by atoms with van der Waals surface area (Å²) in [6.07, 6.45) is -2.33. The lowest BCUT2D eigenvalue weighted by Crippen LogP contribution is -2.30. The molecule has 25 heavy (non-hydrogen) atoms. The molecule has 0 fully saturated rings. The van der Waals surface area contributed by atoms with E-state index in [1.807, 2.05) is 49.4 Å². The molecule has 0 aliphatic rings. The summed E-state index contributed by atoms with van der Waals surface area (Å²) >= 11 is 3.41. The van der Waals surface area contributed by atoms with Gasteiger partial charge in [0.2, 0.25) is 0 Å². The first-order valence-corrected chi connectivity index (χ1v) is 8.84. The van der Waals surface area contributed by atoms with E-state index in [4.69, 9.17) is 4.74 Å². The lowest BCUT2D eigenvalue weighted by molar-refractivity contribution is 0.0132. The minimum atomic E-state index is -1.01. The number of alkyl carbamates (subject to hydrolysis) is 1. The van der Waals surface area contributed by atoms with Crippen molar-refractivity contribution in [1.29, 1.82) is 0 Å². The molecule has 0 aromatic heterocycles. The largest absolute Gasteiger partial charge is 0.445 e. The van der Waals surface area contributed by atoms with Gasteiger partial charge in [0, 0.05) is 11.0 Å². The maximum Gasteiger partial charge on any atom is 0.407 e. The summed E-state index contributed by atoms with van der Waals surface area (Å²) in [5.41, 5.74) is 2.44. The van der Waals surface area contributed by atoms with Gasteiger partial charge in [0.25, 0.3) is 0 Å². The van der Waals surface area contributed by atoms with Crippen LogP contribution in [0.15, 0.2) is 53.0 Å². The van der Waals surface area contributed by atoms with Gasteiger partial charge in [-0.2, -0.15) is 0 Å². The smallest absolute Gasteiger partial charge is 0.407 e. The molecule has 0 saturated carbocycles. The fraction of sp³-hybridized carbons (Fsp3) is 0.316. The van der Waals surface area contributed by atoms with Gasteiger partial charge in [-0.1, -0.05) is 58.4 Å². The molecule has 0 radical (unpaired) electrons. The van der Waals surface area contributed by atoms with Gasteiger partial charge in [-0.3, -0.25) is 0 Å². The van der Waals surface area contributed by atoms with Crippen LogP contribution in [0.2, 0.25) is 0 Å². The number of hydrogen-bond donors (Lipinski definition) is 3. The quantitative estimate of drug-likeness (QED) is 0.656. The highest BCUT2D eigenvalue weighted by Crippen LogP contribution is 2.27. The van der Waals surface area contributed by atoms with Crippen LogP contribution in [0.25, 0.3) is 0 Å². The first-order chi connectivity index (χ1) is 12.0. The number of carbonyl (C=O) groups excluding carboxylic acids is 1. The molecule has 6 heteroatoms. The molecule has 0 bridgehead atoms. The van der Waals surface area contributed by atoms with Crippen LogP contribution >= 0.6 is 15.9 Å². The van der Waals surface area contributed by atoms with Crippen LogP contribution in [0, 0.1) is 6.92 Å². The second-order valence-electron chi connectivity index (χ2n) is 5.74. The van der Waals surface area contributed by atoms with Crippen LogP contribution in [0.5, 0.6) is 0 Å². The molecule has 2 aromatic carbocycles. The molecule has 3 N–H and O–H groups in total. The first-order valence-electron chi connectivity index (χ1n) is 8.04. The predicted molar refractivity (Wildman–Crippen MR) is 99.1 cm³/mol. The van der Waals surface area contributed by atoms with Crippen molar-refractivity contribution in [3.63, 3.8) is 0 Å². The summed E-state index contributed by atoms with van der Waals surface area (Å²) in [7, 11) is 0. The average Bonchev–Trinajstić information content (AvgIpc) is 2.62. The second-order valence-corrected chi connectivity index (χ2v) is 6.60. The topological polar surface area (TPSA) is 78.8 Å². The van der Waals surface area contributed by atoms with Crippen molar-refractivity contribution >= 4 is 22.0 Å². The molecule has 0 aliphatic heterocycles. The van der Waals surface area contributed by atoms with Crippen molar-refractivity contribution < 1.29 is 19.7 Å². The minimum absolute atomic E-state index is 0.190. The highest BCUT2D eigenvalue weighted by molar-refractivity contribution is 9.10. The van der Waals surface area contributed by atoms with Crippen LogP contribution in [0.4, 0.5) is 4.79 Å². The van der Waals surface area contributed by atoms with Gasteiger partial charge in [-0.05, 0) is 36.1 Å². The Bertz CT molecular complexity index is 693. The first kappa shape index (κ1) is 19.4. The molecule has 0 aliphatic carbocycles. The molecular weight excluding hydrogens is 386 g/mol. The number of benzene rings is 2. The van der Waals surface area contributed by atoms with Gasteiger partial charge >= 0.3 is 6.09 Å². The zero-order valence-electron chi connectivity index (χ0n) is 14.0. The minimum Gasteiger partial charge on any atom is -0.445 e. The third-order valence-corrected chi connectivity index (χ3v) is 4.77. The normalized spacial score (nSPS) is 13.1. The molecule has 0 heterocycles. The molecule has 0 spiro atoms. The Morgan fingerprint density at radius 3 is 2.60 bits per heavy atom. The Morgan fingerprint density at radius 2 is 1.88 bits per heavy atom. The van der Waals surface area contributed by atoms with Crippen molar-refractivity contribution in [2.75, 3.05) is 6.54 Å². The van der Waals surface area contributed by atoms with Crippen LogP contribution < -0.4 is 5.32 Å². The number of aliphatic hydroxyl groups is 2. The lowest BCUT2D eigenvalue weighted by atomic mass is 9.98. The van der Waals surface area contributed by atoms with E-state index in [0.29, 0.717) is 5.56 Å². The van der Waals surface area contributed by atoms with Crippen LogP contribution in [0.3, 0.4) is 0 Å². The maximum absolute atomic E-state index is 11.7. The van der Waals surface area contributed by atoms with E-state index in [1.165, 1.54) is 0 Å². The highest BCUT2D eigenvalue weighted by Gasteiger charge is 2.20. The van der Waals surface area contributed by atoms with E-state index in [-0.39, 0.29) is 19.6 Å². The Kier molecular flexibility index (Phi) is 7.43. The Labute approximate surface area is 155 Å². The molecule has 2 aromatic rings. The number of halogens is 1. The number of carbonyl (C=O) groups is 1. The number of rotatable bonds is 7. The molecule has 0 saturated heterocycles. The van der Waals surface area contributed by atoms with Gasteiger partial charge in [-0.15, -0.1) is 0 Å². The van der Waals surface area contributed by atoms with E-state index in [9.17, 15) is 15.0 Å². The van der Waals surface area contributed by atoms with Gasteiger partial charge in [0.15, 0.2) is 0 Å². The summed E-state index contributed by atoms with van der Waals surface area (Å²) in [6, 6.07) is 14.8. The van der Waals surface area contributed by atoms with E-state index >= 15 is 0 Å². The van der Waals surface area contributed by atoms with E-state index in [0.717, 1.165) is 15.6 Å². The molecule has 2 rings (SSSR count). The van der Waals surface area contributed by atoms with Gasteiger partial charge in [0.05, 0.1) is 6.10 Å². The average molecular weight is 408 g/mol. The standard InChI is InChI=1S/C19H22BrNO4/c1-13-15(8-5-9-16(13)20)18(23)17(22)10-11-21-19(24)25-12-14-6-3-2-4-7-14/h2-9,17-18,22-23H,10-12H2,1H3,(H,21,24). The van der Waals surface area contributed by atoms with Crippen LogP contribution in [-0.4, -0.2) is 29.0 Å². The predicted octanol–water partition coefficient (Wildman–Crippen LogP) is 3.47. The zero-order valence-corrected chi connectivity index (χ0v) is 15.6. The summed E-state index contributed by atoms with van der Waals surface area (Å²) in [6.45, 7) is 2.27. The molecular formula is C19H22BrNO4. The SMILES string of the molecule is Cc1c(Br)cccc1C(O)C(O)CCNC(=O)OCc1ccccc1. The van der Waals surface area contributed by atoms with Gasteiger partial charge in [0.1, 0.15) is 12.7 Å². The monoisotopic (exact) mass is 407 g/mol. The number of aliphatic hydroxyl groups excluding tert-OH is 2. The molecule has 2 atom stereocenters. The molecule has 1 amide bonds. The third kappa shape index (κ3) is 5.85. The summed E-state index contributed by atoms with van der Waals surface area (Å²) in [5, 5.41) is 23.0. The molecule has 2 unspecified atom stereocenters. The Hall–Kier alpha value is -1.89. The lowest BCUT2D eigenvalue weighted by Gasteiger charge is -2.20. The maximum atomic E-state index is 11.7. The Morgan fingerprint density at radius 1 is 1.16 bits per heavy atom.